The molecular weight excluding hydrogens is 224 g/mol. The molecule has 4 heteroatoms. The second kappa shape index (κ2) is 4.84. The fourth-order valence-electron chi connectivity index (χ4n) is 1.85. The number of anilines is 2. The van der Waals surface area contributed by atoms with Crippen LogP contribution in [0.4, 0.5) is 11.4 Å². The van der Waals surface area contributed by atoms with E-state index in [1.807, 2.05) is 32.9 Å². The normalized spacial score (nSPS) is 9.89. The van der Waals surface area contributed by atoms with Crippen molar-refractivity contribution in [2.24, 2.45) is 0 Å². The maximum absolute atomic E-state index is 9.18. The van der Waals surface area contributed by atoms with E-state index >= 15 is 0 Å². The fourth-order valence-corrected chi connectivity index (χ4v) is 1.85. The number of nitrogens with zero attached hydrogens (tertiary/aromatic N) is 3. The molecule has 0 saturated carbocycles. The van der Waals surface area contributed by atoms with E-state index in [4.69, 9.17) is 0 Å². The number of hydrogen-bond donors (Lipinski definition) is 1. The minimum absolute atomic E-state index is 0.571. The Balaban J connectivity index is 2.43. The lowest BCUT2D eigenvalue weighted by Crippen LogP contribution is -2.00. The fraction of sp³-hybridized carbons (Fsp3) is 0.214. The minimum atomic E-state index is 0.571. The molecule has 0 aliphatic rings. The van der Waals surface area contributed by atoms with Crippen LogP contribution in [0.25, 0.3) is 0 Å². The molecule has 0 bridgehead atoms. The standard InChI is InChI=1S/C14H14N4/c1-9-4-12(8-16-7-9)18-14-5-10(2)17-11(3)13(14)6-15/h4-5,7-8H,1-3H3,(H,17,18). The summed E-state index contributed by atoms with van der Waals surface area (Å²) in [5.41, 5.74) is 4.91. The lowest BCUT2D eigenvalue weighted by atomic mass is 10.1. The molecule has 0 aromatic carbocycles. The third-order valence-electron chi connectivity index (χ3n) is 2.59. The summed E-state index contributed by atoms with van der Waals surface area (Å²) in [5, 5.41) is 12.4. The monoisotopic (exact) mass is 238 g/mol. The van der Waals surface area contributed by atoms with Gasteiger partial charge in [-0.15, -0.1) is 0 Å². The molecular formula is C14H14N4. The number of nitriles is 1. The number of hydrogen-bond acceptors (Lipinski definition) is 4. The van der Waals surface area contributed by atoms with Crippen molar-refractivity contribution < 1.29 is 0 Å². The van der Waals surface area contributed by atoms with Gasteiger partial charge in [-0.25, -0.2) is 0 Å². The molecule has 1 N–H and O–H groups in total. The van der Waals surface area contributed by atoms with E-state index in [-0.39, 0.29) is 0 Å². The molecule has 18 heavy (non-hydrogen) atoms. The summed E-state index contributed by atoms with van der Waals surface area (Å²) in [4.78, 5) is 8.41. The molecule has 0 spiro atoms. The second-order valence-corrected chi connectivity index (χ2v) is 4.26. The van der Waals surface area contributed by atoms with Crippen molar-refractivity contribution in [2.45, 2.75) is 20.8 Å². The van der Waals surface area contributed by atoms with Crippen LogP contribution in [0.5, 0.6) is 0 Å². The van der Waals surface area contributed by atoms with Crippen molar-refractivity contribution >= 4 is 11.4 Å². The molecule has 0 radical (unpaired) electrons. The Hall–Kier alpha value is -2.41. The Labute approximate surface area is 106 Å². The predicted molar refractivity (Wildman–Crippen MR) is 70.7 cm³/mol. The van der Waals surface area contributed by atoms with E-state index in [0.29, 0.717) is 5.56 Å². The molecule has 0 saturated heterocycles. The zero-order valence-corrected chi connectivity index (χ0v) is 10.7. The smallest absolute Gasteiger partial charge is 0.103 e. The van der Waals surface area contributed by atoms with Gasteiger partial charge in [0.2, 0.25) is 0 Å². The average molecular weight is 238 g/mol. The Bertz CT molecular complexity index is 626. The Morgan fingerprint density at radius 3 is 2.61 bits per heavy atom. The van der Waals surface area contributed by atoms with Crippen LogP contribution < -0.4 is 5.32 Å². The SMILES string of the molecule is Cc1cncc(Nc2cc(C)nc(C)c2C#N)c1. The van der Waals surface area contributed by atoms with Gasteiger partial charge in [0.1, 0.15) is 6.07 Å². The summed E-state index contributed by atoms with van der Waals surface area (Å²) in [6.45, 7) is 5.73. The molecule has 90 valence electrons. The largest absolute Gasteiger partial charge is 0.353 e. The summed E-state index contributed by atoms with van der Waals surface area (Å²) in [5.74, 6) is 0. The molecule has 0 amide bonds. The summed E-state index contributed by atoms with van der Waals surface area (Å²) in [6.07, 6.45) is 3.53. The zero-order valence-electron chi connectivity index (χ0n) is 10.7. The van der Waals surface area contributed by atoms with Gasteiger partial charge in [-0.05, 0) is 38.5 Å². The Morgan fingerprint density at radius 1 is 1.17 bits per heavy atom. The van der Waals surface area contributed by atoms with Gasteiger partial charge < -0.3 is 5.32 Å². The third-order valence-corrected chi connectivity index (χ3v) is 2.59. The lowest BCUT2D eigenvalue weighted by molar-refractivity contribution is 1.11. The predicted octanol–water partition coefficient (Wildman–Crippen LogP) is 3.02. The number of aryl methyl sites for hydroxylation is 3. The van der Waals surface area contributed by atoms with Crippen LogP contribution >= 0.6 is 0 Å². The molecule has 0 aliphatic heterocycles. The molecule has 2 aromatic rings. The number of aromatic nitrogens is 2. The first-order valence-corrected chi connectivity index (χ1v) is 5.67. The van der Waals surface area contributed by atoms with Gasteiger partial charge in [0, 0.05) is 11.9 Å². The first-order chi connectivity index (χ1) is 8.60. The summed E-state index contributed by atoms with van der Waals surface area (Å²) in [6, 6.07) is 6.03. The van der Waals surface area contributed by atoms with Crippen LogP contribution in [0, 0.1) is 32.1 Å². The average Bonchev–Trinajstić information content (AvgIpc) is 2.28. The van der Waals surface area contributed by atoms with E-state index in [1.165, 1.54) is 0 Å². The number of pyridine rings is 2. The first-order valence-electron chi connectivity index (χ1n) is 5.67. The van der Waals surface area contributed by atoms with Gasteiger partial charge in [-0.3, -0.25) is 9.97 Å². The summed E-state index contributed by atoms with van der Waals surface area (Å²) in [7, 11) is 0. The van der Waals surface area contributed by atoms with Crippen LogP contribution in [0.15, 0.2) is 24.5 Å². The number of rotatable bonds is 2. The van der Waals surface area contributed by atoms with Crippen molar-refractivity contribution in [3.63, 3.8) is 0 Å². The highest BCUT2D eigenvalue weighted by Gasteiger charge is 2.08. The van der Waals surface area contributed by atoms with Crippen molar-refractivity contribution in [3.8, 4) is 6.07 Å². The van der Waals surface area contributed by atoms with Crippen LogP contribution in [-0.4, -0.2) is 9.97 Å². The second-order valence-electron chi connectivity index (χ2n) is 4.26. The van der Waals surface area contributed by atoms with Crippen LogP contribution in [-0.2, 0) is 0 Å². The topological polar surface area (TPSA) is 61.6 Å². The van der Waals surface area contributed by atoms with Crippen LogP contribution in [0.2, 0.25) is 0 Å². The lowest BCUT2D eigenvalue weighted by Gasteiger charge is -2.10. The quantitative estimate of drug-likeness (QED) is 0.873. The van der Waals surface area contributed by atoms with Gasteiger partial charge in [0.05, 0.1) is 28.8 Å². The van der Waals surface area contributed by atoms with Crippen molar-refractivity contribution in [2.75, 3.05) is 5.32 Å². The Morgan fingerprint density at radius 2 is 1.94 bits per heavy atom. The Kier molecular flexibility index (Phi) is 3.24. The molecule has 4 nitrogen and oxygen atoms in total. The van der Waals surface area contributed by atoms with Gasteiger partial charge in [-0.1, -0.05) is 0 Å². The first kappa shape index (κ1) is 12.1. The zero-order chi connectivity index (χ0) is 13.1. The molecule has 2 heterocycles. The highest BCUT2D eigenvalue weighted by atomic mass is 14.9. The van der Waals surface area contributed by atoms with Crippen molar-refractivity contribution in [1.29, 1.82) is 5.26 Å². The molecule has 0 atom stereocenters. The van der Waals surface area contributed by atoms with Crippen LogP contribution in [0.1, 0.15) is 22.5 Å². The van der Waals surface area contributed by atoms with E-state index in [1.54, 1.807) is 12.4 Å². The van der Waals surface area contributed by atoms with Gasteiger partial charge >= 0.3 is 0 Å². The van der Waals surface area contributed by atoms with Crippen molar-refractivity contribution in [3.05, 3.63) is 47.0 Å². The van der Waals surface area contributed by atoms with Crippen molar-refractivity contribution in [1.82, 2.24) is 9.97 Å². The molecule has 2 aromatic heterocycles. The maximum Gasteiger partial charge on any atom is 0.103 e. The summed E-state index contributed by atoms with van der Waals surface area (Å²) < 4.78 is 0. The highest BCUT2D eigenvalue weighted by Crippen LogP contribution is 2.23. The van der Waals surface area contributed by atoms with Crippen LogP contribution in [0.3, 0.4) is 0 Å². The van der Waals surface area contributed by atoms with Gasteiger partial charge in [-0.2, -0.15) is 5.26 Å². The maximum atomic E-state index is 9.18. The van der Waals surface area contributed by atoms with Gasteiger partial charge in [0.15, 0.2) is 0 Å². The molecule has 0 fully saturated rings. The molecule has 0 aliphatic carbocycles. The molecule has 2 rings (SSSR count). The summed E-state index contributed by atoms with van der Waals surface area (Å²) >= 11 is 0. The third kappa shape index (κ3) is 2.46. The van der Waals surface area contributed by atoms with E-state index < -0.39 is 0 Å². The highest BCUT2D eigenvalue weighted by molar-refractivity contribution is 5.67. The van der Waals surface area contributed by atoms with E-state index in [2.05, 4.69) is 21.4 Å². The van der Waals surface area contributed by atoms with E-state index in [9.17, 15) is 5.26 Å². The van der Waals surface area contributed by atoms with Gasteiger partial charge in [0.25, 0.3) is 0 Å². The van der Waals surface area contributed by atoms with E-state index in [0.717, 1.165) is 28.3 Å². The molecule has 0 unspecified atom stereocenters. The number of nitrogens with one attached hydrogen (secondary N) is 1. The minimum Gasteiger partial charge on any atom is -0.353 e.